The maximum Gasteiger partial charge on any atom is 0.239 e. The van der Waals surface area contributed by atoms with Gasteiger partial charge in [-0.25, -0.2) is 0 Å². The molecule has 2 aliphatic rings. The van der Waals surface area contributed by atoms with Crippen molar-refractivity contribution in [3.05, 3.63) is 0 Å². The molecule has 0 aromatic carbocycles. The zero-order valence-corrected chi connectivity index (χ0v) is 12.6. The Balaban J connectivity index is 1.97. The zero-order valence-electron chi connectivity index (χ0n) is 12.6. The first kappa shape index (κ1) is 14.8. The van der Waals surface area contributed by atoms with E-state index >= 15 is 0 Å². The summed E-state index contributed by atoms with van der Waals surface area (Å²) < 4.78 is 0. The van der Waals surface area contributed by atoms with Gasteiger partial charge in [0.05, 0.1) is 6.04 Å². The minimum Gasteiger partial charge on any atom is -0.336 e. The van der Waals surface area contributed by atoms with Gasteiger partial charge in [0.25, 0.3) is 0 Å². The summed E-state index contributed by atoms with van der Waals surface area (Å²) in [4.78, 5) is 17.1. The van der Waals surface area contributed by atoms with E-state index in [2.05, 4.69) is 25.7 Å². The molecule has 0 aromatic rings. The average molecular weight is 267 g/mol. The quantitative estimate of drug-likeness (QED) is 0.842. The second-order valence-electron chi connectivity index (χ2n) is 6.72. The third-order valence-corrected chi connectivity index (χ3v) is 4.51. The number of hydrogen-bond donors (Lipinski definition) is 1. The highest BCUT2D eigenvalue weighted by molar-refractivity contribution is 5.82. The lowest BCUT2D eigenvalue weighted by atomic mass is 9.95. The van der Waals surface area contributed by atoms with E-state index in [1.807, 2.05) is 4.90 Å². The molecule has 0 aromatic heterocycles. The second kappa shape index (κ2) is 6.23. The van der Waals surface area contributed by atoms with Gasteiger partial charge in [-0.1, -0.05) is 20.3 Å². The van der Waals surface area contributed by atoms with Crippen LogP contribution in [0.15, 0.2) is 0 Å². The van der Waals surface area contributed by atoms with Gasteiger partial charge in [-0.2, -0.15) is 0 Å². The Morgan fingerprint density at radius 1 is 1.32 bits per heavy atom. The van der Waals surface area contributed by atoms with Gasteiger partial charge in [0, 0.05) is 25.2 Å². The van der Waals surface area contributed by atoms with E-state index in [-0.39, 0.29) is 11.9 Å². The van der Waals surface area contributed by atoms with Gasteiger partial charge in [0.1, 0.15) is 0 Å². The fraction of sp³-hybridized carbons (Fsp3) is 0.933. The monoisotopic (exact) mass is 267 g/mol. The number of piperidine rings is 1. The first-order chi connectivity index (χ1) is 8.99. The van der Waals surface area contributed by atoms with Crippen molar-refractivity contribution in [3.8, 4) is 0 Å². The van der Waals surface area contributed by atoms with Crippen molar-refractivity contribution in [2.45, 2.75) is 64.6 Å². The zero-order chi connectivity index (χ0) is 14.0. The number of nitrogens with two attached hydrogens (primary N) is 1. The number of piperazine rings is 1. The number of carbonyl (C=O) groups is 1. The predicted molar refractivity (Wildman–Crippen MR) is 77.8 cm³/mol. The van der Waals surface area contributed by atoms with Crippen LogP contribution in [-0.2, 0) is 4.79 Å². The number of carbonyl (C=O) groups excluding carboxylic acids is 1. The first-order valence-corrected chi connectivity index (χ1v) is 7.79. The topological polar surface area (TPSA) is 49.6 Å². The summed E-state index contributed by atoms with van der Waals surface area (Å²) in [6, 6.07) is 0.554. The van der Waals surface area contributed by atoms with Crippen LogP contribution in [0.2, 0.25) is 0 Å². The SMILES string of the molecule is CC(C)CC(N)C(=O)N1CC2CCCCN2CC1C. The summed E-state index contributed by atoms with van der Waals surface area (Å²) in [5.74, 6) is 0.636. The smallest absolute Gasteiger partial charge is 0.239 e. The molecule has 2 aliphatic heterocycles. The average Bonchev–Trinajstić information content (AvgIpc) is 2.36. The van der Waals surface area contributed by atoms with Crippen LogP contribution in [0.25, 0.3) is 0 Å². The lowest BCUT2D eigenvalue weighted by Crippen LogP contribution is -2.62. The molecule has 2 saturated heterocycles. The van der Waals surface area contributed by atoms with Gasteiger partial charge in [0.15, 0.2) is 0 Å². The molecule has 2 fully saturated rings. The second-order valence-corrected chi connectivity index (χ2v) is 6.72. The van der Waals surface area contributed by atoms with E-state index in [1.165, 1.54) is 25.8 Å². The summed E-state index contributed by atoms with van der Waals surface area (Å²) in [7, 11) is 0. The van der Waals surface area contributed by atoms with E-state index in [4.69, 9.17) is 5.73 Å². The molecule has 19 heavy (non-hydrogen) atoms. The molecular weight excluding hydrogens is 238 g/mol. The fourth-order valence-electron chi connectivity index (χ4n) is 3.48. The van der Waals surface area contributed by atoms with Crippen molar-refractivity contribution in [2.24, 2.45) is 11.7 Å². The third kappa shape index (κ3) is 3.48. The summed E-state index contributed by atoms with van der Waals surface area (Å²) in [5, 5.41) is 0. The van der Waals surface area contributed by atoms with Crippen LogP contribution in [0.5, 0.6) is 0 Å². The molecule has 3 unspecified atom stereocenters. The highest BCUT2D eigenvalue weighted by Crippen LogP contribution is 2.24. The lowest BCUT2D eigenvalue weighted by molar-refractivity contribution is -0.139. The van der Waals surface area contributed by atoms with Crippen LogP contribution >= 0.6 is 0 Å². The highest BCUT2D eigenvalue weighted by atomic mass is 16.2. The van der Waals surface area contributed by atoms with Crippen LogP contribution in [0, 0.1) is 5.92 Å². The largest absolute Gasteiger partial charge is 0.336 e. The Labute approximate surface area is 117 Å². The number of rotatable bonds is 3. The molecular formula is C15H29N3O. The van der Waals surface area contributed by atoms with Gasteiger partial charge >= 0.3 is 0 Å². The molecule has 110 valence electrons. The van der Waals surface area contributed by atoms with Crippen molar-refractivity contribution in [2.75, 3.05) is 19.6 Å². The van der Waals surface area contributed by atoms with Crippen molar-refractivity contribution in [3.63, 3.8) is 0 Å². The maximum atomic E-state index is 12.5. The lowest BCUT2D eigenvalue weighted by Gasteiger charge is -2.48. The molecule has 4 heteroatoms. The molecule has 2 N–H and O–H groups in total. The van der Waals surface area contributed by atoms with E-state index in [1.54, 1.807) is 0 Å². The van der Waals surface area contributed by atoms with Gasteiger partial charge in [0.2, 0.25) is 5.91 Å². The number of fused-ring (bicyclic) bond motifs is 1. The number of amides is 1. The van der Waals surface area contributed by atoms with Crippen molar-refractivity contribution >= 4 is 5.91 Å². The summed E-state index contributed by atoms with van der Waals surface area (Å²) >= 11 is 0. The minimum atomic E-state index is -0.322. The molecule has 0 bridgehead atoms. The van der Waals surface area contributed by atoms with E-state index < -0.39 is 0 Å². The molecule has 0 saturated carbocycles. The van der Waals surface area contributed by atoms with Gasteiger partial charge < -0.3 is 10.6 Å². The Bertz CT molecular complexity index is 319. The molecule has 2 heterocycles. The van der Waals surface area contributed by atoms with Crippen LogP contribution in [0.1, 0.15) is 46.5 Å². The van der Waals surface area contributed by atoms with Crippen LogP contribution < -0.4 is 5.73 Å². The number of hydrogen-bond acceptors (Lipinski definition) is 3. The van der Waals surface area contributed by atoms with Crippen LogP contribution in [-0.4, -0.2) is 53.5 Å². The van der Waals surface area contributed by atoms with E-state index in [0.29, 0.717) is 18.0 Å². The van der Waals surface area contributed by atoms with Crippen LogP contribution in [0.3, 0.4) is 0 Å². The molecule has 1 amide bonds. The van der Waals surface area contributed by atoms with Crippen molar-refractivity contribution < 1.29 is 4.79 Å². The fourth-order valence-corrected chi connectivity index (χ4v) is 3.48. The van der Waals surface area contributed by atoms with Crippen molar-refractivity contribution in [1.29, 1.82) is 0 Å². The highest BCUT2D eigenvalue weighted by Gasteiger charge is 2.36. The van der Waals surface area contributed by atoms with Gasteiger partial charge in [-0.05, 0) is 38.6 Å². The third-order valence-electron chi connectivity index (χ3n) is 4.51. The van der Waals surface area contributed by atoms with Crippen molar-refractivity contribution in [1.82, 2.24) is 9.80 Å². The summed E-state index contributed by atoms with van der Waals surface area (Å²) in [6.07, 6.45) is 4.63. The Hall–Kier alpha value is -0.610. The standard InChI is InChI=1S/C15H29N3O/c1-11(2)8-14(16)15(19)18-10-13-6-4-5-7-17(13)9-12(18)3/h11-14H,4-10,16H2,1-3H3. The number of nitrogens with zero attached hydrogens (tertiary/aromatic N) is 2. The molecule has 3 atom stereocenters. The van der Waals surface area contributed by atoms with E-state index in [0.717, 1.165) is 19.5 Å². The Kier molecular flexibility index (Phi) is 4.85. The Morgan fingerprint density at radius 3 is 2.74 bits per heavy atom. The molecule has 0 aliphatic carbocycles. The van der Waals surface area contributed by atoms with Gasteiger partial charge in [-0.3, -0.25) is 9.69 Å². The molecule has 2 rings (SSSR count). The Morgan fingerprint density at radius 2 is 2.05 bits per heavy atom. The molecule has 0 spiro atoms. The predicted octanol–water partition coefficient (Wildman–Crippen LogP) is 1.45. The normalized spacial score (nSPS) is 30.3. The molecule has 0 radical (unpaired) electrons. The van der Waals surface area contributed by atoms with Gasteiger partial charge in [-0.15, -0.1) is 0 Å². The summed E-state index contributed by atoms with van der Waals surface area (Å²) in [6.45, 7) is 9.50. The summed E-state index contributed by atoms with van der Waals surface area (Å²) in [5.41, 5.74) is 6.07. The molecule has 4 nitrogen and oxygen atoms in total. The first-order valence-electron chi connectivity index (χ1n) is 7.79. The van der Waals surface area contributed by atoms with E-state index in [9.17, 15) is 4.79 Å². The van der Waals surface area contributed by atoms with Crippen LogP contribution in [0.4, 0.5) is 0 Å². The maximum absolute atomic E-state index is 12.5. The minimum absolute atomic E-state index is 0.159.